The summed E-state index contributed by atoms with van der Waals surface area (Å²) in [6, 6.07) is 0. The maximum Gasteiger partial charge on any atom is 0.193 e. The molecule has 0 fully saturated rings. The first-order chi connectivity index (χ1) is 5.14. The summed E-state index contributed by atoms with van der Waals surface area (Å²) in [5.41, 5.74) is 0.937. The van der Waals surface area contributed by atoms with Gasteiger partial charge >= 0.3 is 0 Å². The maximum absolute atomic E-state index is 10.8. The van der Waals surface area contributed by atoms with Crippen molar-refractivity contribution >= 4 is 9.84 Å². The van der Waals surface area contributed by atoms with Gasteiger partial charge in [0.2, 0.25) is 0 Å². The molecule has 0 unspecified atom stereocenters. The third kappa shape index (κ3) is 2.50. The fourth-order valence-corrected chi connectivity index (χ4v) is 2.06. The highest BCUT2D eigenvalue weighted by Crippen LogP contribution is 2.17. The Hall–Kier alpha value is -0.570. The van der Waals surface area contributed by atoms with Crippen molar-refractivity contribution < 1.29 is 8.42 Å². The van der Waals surface area contributed by atoms with Crippen LogP contribution >= 0.6 is 0 Å². The molecule has 1 aliphatic rings. The summed E-state index contributed by atoms with van der Waals surface area (Å²) in [6.07, 6.45) is 4.73. The number of sulfone groups is 1. The van der Waals surface area contributed by atoms with Crippen LogP contribution in [0.4, 0.5) is 0 Å². The molecular weight excluding hydrogens is 160 g/mol. The van der Waals surface area contributed by atoms with Gasteiger partial charge in [0.05, 0.1) is 0 Å². The van der Waals surface area contributed by atoms with E-state index in [1.165, 1.54) is 10.8 Å². The monoisotopic (exact) mass is 172 g/mol. The Morgan fingerprint density at radius 3 is 2.64 bits per heavy atom. The van der Waals surface area contributed by atoms with Crippen LogP contribution in [0.1, 0.15) is 26.2 Å². The van der Waals surface area contributed by atoms with E-state index in [1.54, 1.807) is 6.08 Å². The van der Waals surface area contributed by atoms with Crippen LogP contribution in [0.2, 0.25) is 0 Å². The lowest BCUT2D eigenvalue weighted by atomic mass is 10.1. The van der Waals surface area contributed by atoms with Crippen LogP contribution < -0.4 is 0 Å². The number of unbranched alkanes of at least 4 members (excludes halogenated alkanes) is 1. The van der Waals surface area contributed by atoms with Crippen molar-refractivity contribution in [2.45, 2.75) is 26.2 Å². The van der Waals surface area contributed by atoms with Crippen molar-refractivity contribution in [3.8, 4) is 0 Å². The highest BCUT2D eigenvalue weighted by atomic mass is 32.2. The fraction of sp³-hybridized carbons (Fsp3) is 0.500. The Morgan fingerprint density at radius 2 is 2.18 bits per heavy atom. The summed E-state index contributed by atoms with van der Waals surface area (Å²) in [4.78, 5) is 0. The summed E-state index contributed by atoms with van der Waals surface area (Å²) < 4.78 is 21.7. The highest BCUT2D eigenvalue weighted by Gasteiger charge is 2.09. The van der Waals surface area contributed by atoms with Crippen LogP contribution in [-0.4, -0.2) is 8.42 Å². The zero-order valence-corrected chi connectivity index (χ0v) is 7.39. The summed E-state index contributed by atoms with van der Waals surface area (Å²) in [6.45, 7) is 2.09. The van der Waals surface area contributed by atoms with Crippen LogP contribution in [-0.2, 0) is 9.84 Å². The van der Waals surface area contributed by atoms with Gasteiger partial charge in [-0.1, -0.05) is 13.3 Å². The Labute approximate surface area is 67.5 Å². The lowest BCUT2D eigenvalue weighted by Crippen LogP contribution is -1.83. The van der Waals surface area contributed by atoms with Crippen LogP contribution in [0.3, 0.4) is 0 Å². The molecule has 0 atom stereocenters. The molecule has 1 rings (SSSR count). The lowest BCUT2D eigenvalue weighted by Gasteiger charge is -1.93. The molecule has 1 heterocycles. The van der Waals surface area contributed by atoms with Gasteiger partial charge in [-0.25, -0.2) is 8.42 Å². The number of hydrogen-bond acceptors (Lipinski definition) is 2. The predicted octanol–water partition coefficient (Wildman–Crippen LogP) is 2.00. The normalized spacial score (nSPS) is 20.3. The van der Waals surface area contributed by atoms with E-state index in [4.69, 9.17) is 0 Å². The molecule has 2 nitrogen and oxygen atoms in total. The van der Waals surface area contributed by atoms with Crippen molar-refractivity contribution in [2.75, 3.05) is 0 Å². The second-order valence-electron chi connectivity index (χ2n) is 2.69. The number of hydrogen-bond donors (Lipinski definition) is 0. The van der Waals surface area contributed by atoms with E-state index < -0.39 is 9.84 Å². The third-order valence-corrected chi connectivity index (χ3v) is 2.75. The van der Waals surface area contributed by atoms with Gasteiger partial charge in [0.15, 0.2) is 9.84 Å². The minimum Gasteiger partial charge on any atom is -0.220 e. The quantitative estimate of drug-likeness (QED) is 0.652. The fourth-order valence-electron chi connectivity index (χ4n) is 0.995. The molecular formula is C8H12O2S. The number of rotatable bonds is 3. The zero-order chi connectivity index (χ0) is 8.32. The Balaban J connectivity index is 2.59. The SMILES string of the molecule is CCCCC1=CS(=O)(=O)C=C1. The first kappa shape index (κ1) is 8.53. The molecule has 0 radical (unpaired) electrons. The molecule has 0 saturated heterocycles. The first-order valence-corrected chi connectivity index (χ1v) is 5.39. The summed E-state index contributed by atoms with van der Waals surface area (Å²) in [7, 11) is -2.97. The van der Waals surface area contributed by atoms with Gasteiger partial charge in [-0.2, -0.15) is 0 Å². The smallest absolute Gasteiger partial charge is 0.193 e. The van der Waals surface area contributed by atoms with Crippen molar-refractivity contribution in [2.24, 2.45) is 0 Å². The third-order valence-electron chi connectivity index (χ3n) is 1.61. The molecule has 0 N–H and O–H groups in total. The Bertz CT molecular complexity index is 283. The molecule has 11 heavy (non-hydrogen) atoms. The molecule has 0 aromatic carbocycles. The van der Waals surface area contributed by atoms with Gasteiger partial charge in [-0.15, -0.1) is 0 Å². The van der Waals surface area contributed by atoms with Crippen LogP contribution in [0.5, 0.6) is 0 Å². The second kappa shape index (κ2) is 3.22. The molecule has 0 aromatic rings. The summed E-state index contributed by atoms with van der Waals surface area (Å²) >= 11 is 0. The van der Waals surface area contributed by atoms with Crippen LogP contribution in [0, 0.1) is 0 Å². The average Bonchev–Trinajstić information content (AvgIpc) is 2.26. The maximum atomic E-state index is 10.8. The van der Waals surface area contributed by atoms with E-state index in [2.05, 4.69) is 6.92 Å². The van der Waals surface area contributed by atoms with Crippen molar-refractivity contribution in [1.29, 1.82) is 0 Å². The molecule has 62 valence electrons. The zero-order valence-electron chi connectivity index (χ0n) is 6.58. The molecule has 0 spiro atoms. The molecule has 3 heteroatoms. The largest absolute Gasteiger partial charge is 0.220 e. The lowest BCUT2D eigenvalue weighted by molar-refractivity contribution is 0.613. The van der Waals surface area contributed by atoms with Gasteiger partial charge < -0.3 is 0 Å². The van der Waals surface area contributed by atoms with E-state index in [0.29, 0.717) is 0 Å². The van der Waals surface area contributed by atoms with E-state index in [9.17, 15) is 8.42 Å². The second-order valence-corrected chi connectivity index (χ2v) is 4.37. The molecule has 1 aliphatic heterocycles. The Morgan fingerprint density at radius 1 is 1.45 bits per heavy atom. The summed E-state index contributed by atoms with van der Waals surface area (Å²) in [5, 5.41) is 2.61. The van der Waals surface area contributed by atoms with E-state index in [0.717, 1.165) is 24.8 Å². The Kier molecular flexibility index (Phi) is 2.49. The van der Waals surface area contributed by atoms with E-state index in [1.807, 2.05) is 0 Å². The van der Waals surface area contributed by atoms with Crippen LogP contribution in [0.25, 0.3) is 0 Å². The molecule has 0 saturated carbocycles. The van der Waals surface area contributed by atoms with Crippen molar-refractivity contribution in [3.63, 3.8) is 0 Å². The molecule has 0 amide bonds. The minimum absolute atomic E-state index is 0.881. The highest BCUT2D eigenvalue weighted by molar-refractivity contribution is 7.97. The van der Waals surface area contributed by atoms with Gasteiger partial charge in [-0.3, -0.25) is 0 Å². The molecule has 0 aliphatic carbocycles. The molecule has 0 aromatic heterocycles. The van der Waals surface area contributed by atoms with Crippen molar-refractivity contribution in [3.05, 3.63) is 22.5 Å². The van der Waals surface area contributed by atoms with Gasteiger partial charge in [0, 0.05) is 10.8 Å². The predicted molar refractivity (Wildman–Crippen MR) is 45.7 cm³/mol. The van der Waals surface area contributed by atoms with E-state index in [-0.39, 0.29) is 0 Å². The van der Waals surface area contributed by atoms with Crippen molar-refractivity contribution in [1.82, 2.24) is 0 Å². The van der Waals surface area contributed by atoms with Gasteiger partial charge in [-0.05, 0) is 24.5 Å². The van der Waals surface area contributed by atoms with E-state index >= 15 is 0 Å². The van der Waals surface area contributed by atoms with Gasteiger partial charge in [0.25, 0.3) is 0 Å². The average molecular weight is 172 g/mol. The topological polar surface area (TPSA) is 34.1 Å². The standard InChI is InChI=1S/C8H12O2S/c1-2-3-4-8-5-6-11(9,10)7-8/h5-7H,2-4H2,1H3. The number of allylic oxidation sites excluding steroid dienone is 2. The van der Waals surface area contributed by atoms with Crippen LogP contribution in [0.15, 0.2) is 22.5 Å². The first-order valence-electron chi connectivity index (χ1n) is 3.78. The molecule has 0 bridgehead atoms. The minimum atomic E-state index is -2.97. The summed E-state index contributed by atoms with van der Waals surface area (Å²) in [5.74, 6) is 0. The van der Waals surface area contributed by atoms with Gasteiger partial charge in [0.1, 0.15) is 0 Å².